The second-order valence-electron chi connectivity index (χ2n) is 5.47. The average Bonchev–Trinajstić information content (AvgIpc) is 3.10. The van der Waals surface area contributed by atoms with Crippen molar-refractivity contribution in [3.05, 3.63) is 57.8 Å². The first-order valence-electron chi connectivity index (χ1n) is 8.04. The van der Waals surface area contributed by atoms with Crippen molar-refractivity contribution >= 4 is 44.3 Å². The van der Waals surface area contributed by atoms with E-state index in [1.165, 1.54) is 0 Å². The lowest BCUT2D eigenvalue weighted by Gasteiger charge is -2.09. The molecule has 0 aliphatic rings. The minimum absolute atomic E-state index is 0.00781. The number of carbonyl (C=O) groups is 2. The van der Waals surface area contributed by atoms with Crippen LogP contribution in [0.2, 0.25) is 0 Å². The molecule has 0 radical (unpaired) electrons. The second-order valence-corrected chi connectivity index (χ2v) is 7.13. The Balaban J connectivity index is 1.82. The Morgan fingerprint density at radius 1 is 1.26 bits per heavy atom. The summed E-state index contributed by atoms with van der Waals surface area (Å²) in [4.78, 5) is 29.0. The van der Waals surface area contributed by atoms with Crippen molar-refractivity contribution in [3.8, 4) is 11.3 Å². The van der Waals surface area contributed by atoms with Gasteiger partial charge in [0.05, 0.1) is 23.6 Å². The molecule has 138 valence electrons. The number of hydrogen-bond donors (Lipinski definition) is 1. The third-order valence-electron chi connectivity index (χ3n) is 3.63. The van der Waals surface area contributed by atoms with Crippen molar-refractivity contribution in [3.63, 3.8) is 0 Å². The lowest BCUT2D eigenvalue weighted by molar-refractivity contribution is 0.0520. The van der Waals surface area contributed by atoms with Crippen LogP contribution in [0.25, 0.3) is 11.3 Å². The molecule has 0 aliphatic carbocycles. The Morgan fingerprint density at radius 2 is 2.07 bits per heavy atom. The molecule has 7 nitrogen and oxygen atoms in total. The summed E-state index contributed by atoms with van der Waals surface area (Å²) < 4.78 is 9.57. The maximum Gasteiger partial charge on any atom is 0.362 e. The third-order valence-corrected chi connectivity index (χ3v) is 4.77. The highest BCUT2D eigenvalue weighted by atomic mass is 79.9. The lowest BCUT2D eigenvalue weighted by atomic mass is 10.1. The maximum absolute atomic E-state index is 12.6. The summed E-state index contributed by atoms with van der Waals surface area (Å²) in [5, 5.41) is 6.63. The van der Waals surface area contributed by atoms with E-state index in [-0.39, 0.29) is 17.3 Å². The molecule has 1 aromatic carbocycles. The highest BCUT2D eigenvalue weighted by molar-refractivity contribution is 9.10. The molecule has 0 saturated carbocycles. The molecule has 27 heavy (non-hydrogen) atoms. The van der Waals surface area contributed by atoms with Crippen molar-refractivity contribution in [1.29, 1.82) is 0 Å². The highest BCUT2D eigenvalue weighted by Gasteiger charge is 2.21. The number of ether oxygens (including phenoxy) is 1. The number of rotatable bonds is 5. The van der Waals surface area contributed by atoms with Crippen molar-refractivity contribution in [2.75, 3.05) is 11.9 Å². The monoisotopic (exact) mass is 446 g/mol. The van der Waals surface area contributed by atoms with Crippen LogP contribution in [-0.2, 0) is 4.74 Å². The van der Waals surface area contributed by atoms with Gasteiger partial charge in [0.15, 0.2) is 5.00 Å². The van der Waals surface area contributed by atoms with Gasteiger partial charge in [-0.25, -0.2) is 4.79 Å². The third kappa shape index (κ3) is 4.37. The molecule has 3 aromatic rings. The molecule has 2 heterocycles. The molecule has 3 rings (SSSR count). The first-order valence-corrected chi connectivity index (χ1v) is 9.60. The van der Waals surface area contributed by atoms with Gasteiger partial charge in [0, 0.05) is 21.6 Å². The molecule has 0 bridgehead atoms. The minimum Gasteiger partial charge on any atom is -0.461 e. The van der Waals surface area contributed by atoms with Crippen molar-refractivity contribution in [2.45, 2.75) is 13.8 Å². The Hall–Kier alpha value is -2.65. The number of pyridine rings is 1. The van der Waals surface area contributed by atoms with Crippen molar-refractivity contribution in [1.82, 2.24) is 14.6 Å². The SMILES string of the molecule is CCOC(=O)c1nnsc1NC(=O)c1ccc(-c2cccc(Br)c2)nc1C. The average molecular weight is 447 g/mol. The predicted molar refractivity (Wildman–Crippen MR) is 106 cm³/mol. The largest absolute Gasteiger partial charge is 0.461 e. The van der Waals surface area contributed by atoms with Gasteiger partial charge in [-0.3, -0.25) is 9.78 Å². The zero-order valence-corrected chi connectivity index (χ0v) is 16.9. The summed E-state index contributed by atoms with van der Waals surface area (Å²) >= 11 is 4.35. The van der Waals surface area contributed by atoms with Crippen LogP contribution < -0.4 is 5.32 Å². The van der Waals surface area contributed by atoms with Gasteiger partial charge in [-0.1, -0.05) is 32.6 Å². The summed E-state index contributed by atoms with van der Waals surface area (Å²) in [7, 11) is 0. The molecule has 0 atom stereocenters. The standard InChI is InChI=1S/C18H15BrN4O3S/c1-3-26-18(25)15-17(27-23-22-15)21-16(24)13-7-8-14(20-10(13)2)11-5-4-6-12(19)9-11/h4-9H,3H2,1-2H3,(H,21,24). The Morgan fingerprint density at radius 3 is 2.78 bits per heavy atom. The molecule has 0 spiro atoms. The fourth-order valence-corrected chi connectivity index (χ4v) is 3.34. The smallest absolute Gasteiger partial charge is 0.362 e. The van der Waals surface area contributed by atoms with Crippen LogP contribution >= 0.6 is 27.5 Å². The second kappa shape index (κ2) is 8.36. The van der Waals surface area contributed by atoms with Gasteiger partial charge in [0.25, 0.3) is 5.91 Å². The number of amides is 1. The van der Waals surface area contributed by atoms with Gasteiger partial charge in [-0.15, -0.1) is 5.10 Å². The first kappa shape index (κ1) is 19.1. The minimum atomic E-state index is -0.624. The van der Waals surface area contributed by atoms with E-state index >= 15 is 0 Å². The molecule has 2 aromatic heterocycles. The van der Waals surface area contributed by atoms with E-state index in [2.05, 4.69) is 35.8 Å². The zero-order chi connectivity index (χ0) is 19.4. The number of aromatic nitrogens is 3. The van der Waals surface area contributed by atoms with E-state index in [4.69, 9.17) is 4.74 Å². The van der Waals surface area contributed by atoms with E-state index < -0.39 is 11.9 Å². The molecule has 0 unspecified atom stereocenters. The van der Waals surface area contributed by atoms with Crippen molar-refractivity contribution in [2.24, 2.45) is 0 Å². The van der Waals surface area contributed by atoms with Gasteiger partial charge in [0.2, 0.25) is 5.69 Å². The van der Waals surface area contributed by atoms with Crippen LogP contribution in [0.5, 0.6) is 0 Å². The number of halogens is 1. The first-order chi connectivity index (χ1) is 13.0. The topological polar surface area (TPSA) is 94.1 Å². The zero-order valence-electron chi connectivity index (χ0n) is 14.5. The van der Waals surface area contributed by atoms with E-state index in [9.17, 15) is 9.59 Å². The van der Waals surface area contributed by atoms with Gasteiger partial charge in [0.1, 0.15) is 0 Å². The van der Waals surface area contributed by atoms with Crippen LogP contribution in [0.4, 0.5) is 5.00 Å². The molecule has 0 saturated heterocycles. The quantitative estimate of drug-likeness (QED) is 0.592. The molecular formula is C18H15BrN4O3S. The van der Waals surface area contributed by atoms with Crippen LogP contribution in [0, 0.1) is 6.92 Å². The summed E-state index contributed by atoms with van der Waals surface area (Å²) in [6.07, 6.45) is 0. The fraction of sp³-hybridized carbons (Fsp3) is 0.167. The number of esters is 1. The summed E-state index contributed by atoms with van der Waals surface area (Å²) in [6.45, 7) is 3.66. The molecular weight excluding hydrogens is 432 g/mol. The van der Waals surface area contributed by atoms with Crippen LogP contribution in [-0.4, -0.2) is 33.1 Å². The number of hydrogen-bond acceptors (Lipinski definition) is 7. The number of nitrogens with one attached hydrogen (secondary N) is 1. The summed E-state index contributed by atoms with van der Waals surface area (Å²) in [6, 6.07) is 11.2. The van der Waals surface area contributed by atoms with E-state index in [1.54, 1.807) is 26.0 Å². The van der Waals surface area contributed by atoms with Crippen LogP contribution in [0.3, 0.4) is 0 Å². The summed E-state index contributed by atoms with van der Waals surface area (Å²) in [5.74, 6) is -1.02. The highest BCUT2D eigenvalue weighted by Crippen LogP contribution is 2.24. The predicted octanol–water partition coefficient (Wildman–Crippen LogP) is 4.10. The van der Waals surface area contributed by atoms with Gasteiger partial charge >= 0.3 is 5.97 Å². The van der Waals surface area contributed by atoms with E-state index in [0.717, 1.165) is 27.3 Å². The lowest BCUT2D eigenvalue weighted by Crippen LogP contribution is -2.16. The number of anilines is 1. The summed E-state index contributed by atoms with van der Waals surface area (Å²) in [5.41, 5.74) is 2.66. The number of aryl methyl sites for hydroxylation is 1. The fourth-order valence-electron chi connectivity index (χ4n) is 2.39. The van der Waals surface area contributed by atoms with Crippen molar-refractivity contribution < 1.29 is 14.3 Å². The normalized spacial score (nSPS) is 10.5. The van der Waals surface area contributed by atoms with E-state index in [1.807, 2.05) is 24.3 Å². The van der Waals surface area contributed by atoms with Crippen LogP contribution in [0.1, 0.15) is 33.5 Å². The van der Waals surface area contributed by atoms with E-state index in [0.29, 0.717) is 11.3 Å². The molecule has 1 N–H and O–H groups in total. The molecule has 0 fully saturated rings. The molecule has 1 amide bonds. The molecule has 9 heteroatoms. The Kier molecular flexibility index (Phi) is 5.92. The molecule has 0 aliphatic heterocycles. The van der Waals surface area contributed by atoms with Gasteiger partial charge < -0.3 is 10.1 Å². The Labute approximate surface area is 168 Å². The van der Waals surface area contributed by atoms with Gasteiger partial charge in [-0.2, -0.15) is 0 Å². The number of benzene rings is 1. The number of carbonyl (C=O) groups excluding carboxylic acids is 2. The Bertz CT molecular complexity index is 1010. The van der Waals surface area contributed by atoms with Crippen LogP contribution in [0.15, 0.2) is 40.9 Å². The number of nitrogens with zero attached hydrogens (tertiary/aromatic N) is 3. The van der Waals surface area contributed by atoms with Gasteiger partial charge in [-0.05, 0) is 38.1 Å². The maximum atomic E-state index is 12.6.